The fourth-order valence-electron chi connectivity index (χ4n) is 5.12. The maximum absolute atomic E-state index is 13.3. The molecule has 1 spiro atoms. The molecule has 1 aliphatic carbocycles. The lowest BCUT2D eigenvalue weighted by Crippen LogP contribution is -2.50. The van der Waals surface area contributed by atoms with Crippen molar-refractivity contribution in [3.63, 3.8) is 0 Å². The normalized spacial score (nSPS) is 23.8. The van der Waals surface area contributed by atoms with Crippen molar-refractivity contribution >= 4 is 29.1 Å². The Kier molecular flexibility index (Phi) is 6.24. The van der Waals surface area contributed by atoms with Crippen LogP contribution in [0.3, 0.4) is 0 Å². The number of pyridine rings is 1. The number of likely N-dealkylation sites (tertiary alicyclic amines) is 1. The molecule has 0 N–H and O–H groups in total. The van der Waals surface area contributed by atoms with Gasteiger partial charge in [0.2, 0.25) is 0 Å². The average molecular weight is 449 g/mol. The van der Waals surface area contributed by atoms with Crippen LogP contribution in [0.2, 0.25) is 10.0 Å². The number of nitrogens with zero attached hydrogens (tertiary/aromatic N) is 2. The largest absolute Gasteiger partial charge is 0.381 e. The summed E-state index contributed by atoms with van der Waals surface area (Å²) in [4.78, 5) is 28.3. The van der Waals surface area contributed by atoms with Gasteiger partial charge in [0.05, 0.1) is 12.6 Å². The number of hydrogen-bond acceptors (Lipinski definition) is 3. The van der Waals surface area contributed by atoms with E-state index in [1.165, 1.54) is 4.57 Å². The quantitative estimate of drug-likeness (QED) is 0.684. The van der Waals surface area contributed by atoms with Crippen LogP contribution in [0.15, 0.2) is 41.3 Å². The molecule has 160 valence electrons. The van der Waals surface area contributed by atoms with Crippen molar-refractivity contribution in [3.8, 4) is 0 Å². The third-order valence-corrected chi connectivity index (χ3v) is 7.35. The van der Waals surface area contributed by atoms with E-state index < -0.39 is 0 Å². The molecule has 0 radical (unpaired) electrons. The molecular formula is C23H26Cl2N2O3. The van der Waals surface area contributed by atoms with E-state index in [2.05, 4.69) is 0 Å². The molecule has 7 heteroatoms. The number of amides is 1. The predicted octanol–water partition coefficient (Wildman–Crippen LogP) is 4.62. The molecule has 1 saturated carbocycles. The number of hydrogen-bond donors (Lipinski definition) is 0. The van der Waals surface area contributed by atoms with Gasteiger partial charge in [0.25, 0.3) is 11.5 Å². The van der Waals surface area contributed by atoms with Gasteiger partial charge in [-0.05, 0) is 49.9 Å². The number of ether oxygens (including phenoxy) is 1. The molecule has 1 aliphatic heterocycles. The van der Waals surface area contributed by atoms with Crippen molar-refractivity contribution in [1.82, 2.24) is 9.47 Å². The Morgan fingerprint density at radius 3 is 2.63 bits per heavy atom. The first-order valence-electron chi connectivity index (χ1n) is 10.4. The molecular weight excluding hydrogens is 423 g/mol. The van der Waals surface area contributed by atoms with Crippen molar-refractivity contribution < 1.29 is 9.53 Å². The fraction of sp³-hybridized carbons (Fsp3) is 0.478. The first-order chi connectivity index (χ1) is 14.4. The van der Waals surface area contributed by atoms with Gasteiger partial charge in [0, 0.05) is 47.4 Å². The van der Waals surface area contributed by atoms with Gasteiger partial charge >= 0.3 is 0 Å². The Hall–Kier alpha value is -1.82. The number of benzene rings is 1. The number of aromatic nitrogens is 1. The number of carbonyl (C=O) groups excluding carboxylic acids is 1. The van der Waals surface area contributed by atoms with Gasteiger partial charge in [0.1, 0.15) is 5.56 Å². The minimum Gasteiger partial charge on any atom is -0.381 e. The maximum atomic E-state index is 13.3. The van der Waals surface area contributed by atoms with Crippen LogP contribution in [0.1, 0.15) is 48.0 Å². The van der Waals surface area contributed by atoms with Crippen LogP contribution in [0.5, 0.6) is 0 Å². The minimum atomic E-state index is -0.326. The van der Waals surface area contributed by atoms with Crippen LogP contribution in [0.4, 0.5) is 0 Å². The summed E-state index contributed by atoms with van der Waals surface area (Å²) < 4.78 is 7.23. The summed E-state index contributed by atoms with van der Waals surface area (Å²) >= 11 is 12.5. The number of halogens is 2. The molecule has 1 saturated heterocycles. The second-order valence-corrected chi connectivity index (χ2v) is 9.18. The highest BCUT2D eigenvalue weighted by Crippen LogP contribution is 2.46. The van der Waals surface area contributed by atoms with Crippen LogP contribution in [0.25, 0.3) is 0 Å². The Bertz CT molecular complexity index is 986. The van der Waals surface area contributed by atoms with Crippen molar-refractivity contribution in [2.45, 2.75) is 44.8 Å². The summed E-state index contributed by atoms with van der Waals surface area (Å²) in [5, 5.41) is 0.992. The summed E-state index contributed by atoms with van der Waals surface area (Å²) in [5.41, 5.74) is 0.539. The molecule has 1 aromatic carbocycles. The average Bonchev–Trinajstić information content (AvgIpc) is 3.13. The van der Waals surface area contributed by atoms with Crippen LogP contribution >= 0.6 is 23.2 Å². The molecule has 0 unspecified atom stereocenters. The maximum Gasteiger partial charge on any atom is 0.263 e. The highest BCUT2D eigenvalue weighted by atomic mass is 35.5. The molecule has 2 aliphatic rings. The van der Waals surface area contributed by atoms with Crippen LogP contribution in [-0.2, 0) is 11.3 Å². The Morgan fingerprint density at radius 2 is 1.90 bits per heavy atom. The third kappa shape index (κ3) is 3.91. The van der Waals surface area contributed by atoms with E-state index >= 15 is 0 Å². The highest BCUT2D eigenvalue weighted by molar-refractivity contribution is 6.35. The lowest BCUT2D eigenvalue weighted by molar-refractivity contribution is -0.0295. The number of carbonyl (C=O) groups is 1. The smallest absolute Gasteiger partial charge is 0.263 e. The summed E-state index contributed by atoms with van der Waals surface area (Å²) in [5.74, 6) is -0.208. The Balaban J connectivity index is 1.59. The van der Waals surface area contributed by atoms with E-state index in [-0.39, 0.29) is 35.1 Å². The monoisotopic (exact) mass is 448 g/mol. The SMILES string of the molecule is CO[C@@H]1CCC[C@@]12CCCN(C(=O)c1cccn(Cc3c(Cl)cccc3Cl)c1=O)C2. The molecule has 1 amide bonds. The van der Waals surface area contributed by atoms with Crippen molar-refractivity contribution in [3.05, 3.63) is 68.1 Å². The van der Waals surface area contributed by atoms with Gasteiger partial charge in [-0.1, -0.05) is 35.7 Å². The van der Waals surface area contributed by atoms with Gasteiger partial charge in [-0.2, -0.15) is 0 Å². The first-order valence-corrected chi connectivity index (χ1v) is 11.2. The number of rotatable bonds is 4. The molecule has 2 aromatic rings. The van der Waals surface area contributed by atoms with Crippen molar-refractivity contribution in [1.29, 1.82) is 0 Å². The van der Waals surface area contributed by atoms with Crippen LogP contribution in [-0.4, -0.2) is 41.7 Å². The molecule has 2 heterocycles. The standard InChI is InChI=1S/C23H26Cl2N2O3/c1-30-20-9-3-10-23(20)11-5-13-27(15-23)22(29)16-6-4-12-26(21(16)28)14-17-18(24)7-2-8-19(17)25/h2,4,6-8,12,20H,3,5,9-11,13-15H2,1H3/t20-,23+/m1/s1. The van der Waals surface area contributed by atoms with Gasteiger partial charge in [0.15, 0.2) is 0 Å². The second kappa shape index (κ2) is 8.74. The van der Waals surface area contributed by atoms with Gasteiger partial charge in [-0.15, -0.1) is 0 Å². The van der Waals surface area contributed by atoms with Crippen LogP contribution in [0, 0.1) is 5.41 Å². The van der Waals surface area contributed by atoms with E-state index in [9.17, 15) is 9.59 Å². The van der Waals surface area contributed by atoms with Crippen molar-refractivity contribution in [2.24, 2.45) is 5.41 Å². The Labute approximate surface area is 186 Å². The number of methoxy groups -OCH3 is 1. The van der Waals surface area contributed by atoms with E-state index in [1.54, 1.807) is 43.6 Å². The minimum absolute atomic E-state index is 0.0154. The molecule has 30 heavy (non-hydrogen) atoms. The van der Waals surface area contributed by atoms with Gasteiger partial charge in [-0.25, -0.2) is 0 Å². The van der Waals surface area contributed by atoms with Crippen LogP contribution < -0.4 is 5.56 Å². The van der Waals surface area contributed by atoms with E-state index in [1.807, 2.05) is 4.90 Å². The zero-order valence-electron chi connectivity index (χ0n) is 17.1. The molecule has 2 atom stereocenters. The molecule has 5 nitrogen and oxygen atoms in total. The van der Waals surface area contributed by atoms with Gasteiger partial charge < -0.3 is 14.2 Å². The Morgan fingerprint density at radius 1 is 1.17 bits per heavy atom. The predicted molar refractivity (Wildman–Crippen MR) is 118 cm³/mol. The fourth-order valence-corrected chi connectivity index (χ4v) is 5.64. The molecule has 2 fully saturated rings. The molecule has 1 aromatic heterocycles. The summed E-state index contributed by atoms with van der Waals surface area (Å²) in [6.07, 6.45) is 7.07. The molecule has 0 bridgehead atoms. The first kappa shape index (κ1) is 21.4. The zero-order valence-corrected chi connectivity index (χ0v) is 18.6. The highest BCUT2D eigenvalue weighted by Gasteiger charge is 2.46. The van der Waals surface area contributed by atoms with E-state index in [4.69, 9.17) is 27.9 Å². The lowest BCUT2D eigenvalue weighted by Gasteiger charge is -2.43. The summed E-state index contributed by atoms with van der Waals surface area (Å²) in [6.45, 7) is 1.53. The number of piperidine rings is 1. The third-order valence-electron chi connectivity index (χ3n) is 6.64. The van der Waals surface area contributed by atoms with Crippen molar-refractivity contribution in [2.75, 3.05) is 20.2 Å². The summed E-state index contributed by atoms with van der Waals surface area (Å²) in [7, 11) is 1.76. The summed E-state index contributed by atoms with van der Waals surface area (Å²) in [6, 6.07) is 8.58. The lowest BCUT2D eigenvalue weighted by atomic mass is 9.76. The second-order valence-electron chi connectivity index (χ2n) is 8.36. The van der Waals surface area contributed by atoms with E-state index in [0.29, 0.717) is 28.7 Å². The molecule has 4 rings (SSSR count). The van der Waals surface area contributed by atoms with Gasteiger partial charge in [-0.3, -0.25) is 9.59 Å². The zero-order chi connectivity index (χ0) is 21.3. The van der Waals surface area contributed by atoms with E-state index in [0.717, 1.165) is 32.1 Å². The topological polar surface area (TPSA) is 51.5 Å².